The van der Waals surface area contributed by atoms with Gasteiger partial charge in [-0.05, 0) is 20.3 Å². The topological polar surface area (TPSA) is 37.8 Å². The van der Waals surface area contributed by atoms with Crippen molar-refractivity contribution >= 4 is 0 Å². The van der Waals surface area contributed by atoms with Crippen LogP contribution in [0, 0.1) is 6.92 Å². The molecule has 3 nitrogen and oxygen atoms in total. The van der Waals surface area contributed by atoms with Crippen LogP contribution in [-0.2, 0) is 6.42 Å². The molecule has 1 heterocycles. The molecule has 0 aliphatic heterocycles. The third-order valence-electron chi connectivity index (χ3n) is 3.17. The third kappa shape index (κ3) is 6.70. The van der Waals surface area contributed by atoms with E-state index in [1.807, 2.05) is 13.1 Å². The first-order valence-corrected chi connectivity index (χ1v) is 7.23. The lowest BCUT2D eigenvalue weighted by molar-refractivity contribution is 0.484. The van der Waals surface area contributed by atoms with Crippen LogP contribution in [0.5, 0.6) is 0 Å². The smallest absolute Gasteiger partial charge is 0.0602 e. The average Bonchev–Trinajstić information content (AvgIpc) is 2.35. The molecule has 1 N–H and O–H groups in total. The fourth-order valence-electron chi connectivity index (χ4n) is 2.06. The van der Waals surface area contributed by atoms with Crippen molar-refractivity contribution in [2.75, 3.05) is 6.54 Å². The summed E-state index contributed by atoms with van der Waals surface area (Å²) in [6.07, 6.45) is 11.3. The van der Waals surface area contributed by atoms with Crippen molar-refractivity contribution in [2.45, 2.75) is 65.3 Å². The lowest BCUT2D eigenvalue weighted by Crippen LogP contribution is -2.28. The Hall–Kier alpha value is -0.960. The summed E-state index contributed by atoms with van der Waals surface area (Å²) in [5.41, 5.74) is 2.08. The van der Waals surface area contributed by atoms with Crippen molar-refractivity contribution in [3.63, 3.8) is 0 Å². The highest BCUT2D eigenvalue weighted by molar-refractivity contribution is 5.01. The van der Waals surface area contributed by atoms with Gasteiger partial charge in [0, 0.05) is 31.4 Å². The number of nitrogens with one attached hydrogen (secondary N) is 1. The monoisotopic (exact) mass is 249 g/mol. The van der Waals surface area contributed by atoms with Gasteiger partial charge in [-0.15, -0.1) is 0 Å². The third-order valence-corrected chi connectivity index (χ3v) is 3.17. The molecule has 1 atom stereocenters. The van der Waals surface area contributed by atoms with E-state index in [0.29, 0.717) is 6.04 Å². The fourth-order valence-corrected chi connectivity index (χ4v) is 2.06. The van der Waals surface area contributed by atoms with Crippen LogP contribution >= 0.6 is 0 Å². The van der Waals surface area contributed by atoms with E-state index in [-0.39, 0.29) is 0 Å². The van der Waals surface area contributed by atoms with Crippen LogP contribution < -0.4 is 5.32 Å². The molecule has 0 radical (unpaired) electrons. The highest BCUT2D eigenvalue weighted by Crippen LogP contribution is 2.05. The zero-order chi connectivity index (χ0) is 13.2. The summed E-state index contributed by atoms with van der Waals surface area (Å²) in [6.45, 7) is 7.51. The first-order chi connectivity index (χ1) is 8.72. The van der Waals surface area contributed by atoms with Gasteiger partial charge in [0.1, 0.15) is 0 Å². The van der Waals surface area contributed by atoms with Gasteiger partial charge in [0.25, 0.3) is 0 Å². The molecule has 1 unspecified atom stereocenters. The molecule has 0 saturated carbocycles. The number of aryl methyl sites for hydroxylation is 1. The van der Waals surface area contributed by atoms with Gasteiger partial charge >= 0.3 is 0 Å². The van der Waals surface area contributed by atoms with Crippen LogP contribution in [0.1, 0.15) is 57.3 Å². The Morgan fingerprint density at radius 3 is 2.78 bits per heavy atom. The largest absolute Gasteiger partial charge is 0.314 e. The molecule has 0 saturated heterocycles. The summed E-state index contributed by atoms with van der Waals surface area (Å²) in [4.78, 5) is 8.62. The molecule has 1 aromatic heterocycles. The molecule has 0 bridgehead atoms. The Labute approximate surface area is 111 Å². The van der Waals surface area contributed by atoms with Crippen molar-refractivity contribution < 1.29 is 0 Å². The molecule has 0 aliphatic carbocycles. The zero-order valence-corrected chi connectivity index (χ0v) is 12.1. The molecule has 18 heavy (non-hydrogen) atoms. The molecule has 0 fully saturated rings. The van der Waals surface area contributed by atoms with E-state index in [1.54, 1.807) is 6.20 Å². The van der Waals surface area contributed by atoms with Crippen molar-refractivity contribution in [2.24, 2.45) is 0 Å². The quantitative estimate of drug-likeness (QED) is 0.683. The number of aromatic nitrogens is 2. The molecule has 102 valence electrons. The normalized spacial score (nSPS) is 12.6. The Balaban J connectivity index is 2.09. The van der Waals surface area contributed by atoms with Crippen LogP contribution in [-0.4, -0.2) is 22.6 Å². The van der Waals surface area contributed by atoms with Crippen LogP contribution in [0.15, 0.2) is 12.4 Å². The highest BCUT2D eigenvalue weighted by Gasteiger charge is 2.01. The van der Waals surface area contributed by atoms with Crippen LogP contribution in [0.2, 0.25) is 0 Å². The molecule has 0 aliphatic rings. The van der Waals surface area contributed by atoms with E-state index < -0.39 is 0 Å². The maximum absolute atomic E-state index is 4.45. The van der Waals surface area contributed by atoms with E-state index in [2.05, 4.69) is 29.1 Å². The molecule has 1 rings (SSSR count). The summed E-state index contributed by atoms with van der Waals surface area (Å²) in [6, 6.07) is 0.611. The maximum Gasteiger partial charge on any atom is 0.0602 e. The summed E-state index contributed by atoms with van der Waals surface area (Å²) < 4.78 is 0. The minimum absolute atomic E-state index is 0.611. The van der Waals surface area contributed by atoms with Crippen molar-refractivity contribution in [3.05, 3.63) is 23.8 Å². The Bertz CT molecular complexity index is 325. The summed E-state index contributed by atoms with van der Waals surface area (Å²) in [5, 5.41) is 3.56. The molecular weight excluding hydrogens is 222 g/mol. The minimum atomic E-state index is 0.611. The van der Waals surface area contributed by atoms with Gasteiger partial charge in [-0.3, -0.25) is 9.97 Å². The van der Waals surface area contributed by atoms with Gasteiger partial charge in [0.2, 0.25) is 0 Å². The minimum Gasteiger partial charge on any atom is -0.314 e. The maximum atomic E-state index is 4.45. The van der Waals surface area contributed by atoms with Gasteiger partial charge in [-0.1, -0.05) is 32.6 Å². The van der Waals surface area contributed by atoms with Crippen molar-refractivity contribution in [1.82, 2.24) is 15.3 Å². The molecule has 0 aromatic carbocycles. The van der Waals surface area contributed by atoms with Crippen molar-refractivity contribution in [1.29, 1.82) is 0 Å². The van der Waals surface area contributed by atoms with Gasteiger partial charge < -0.3 is 5.32 Å². The predicted molar refractivity (Wildman–Crippen MR) is 76.7 cm³/mol. The lowest BCUT2D eigenvalue weighted by atomic mass is 10.1. The second kappa shape index (κ2) is 9.03. The Morgan fingerprint density at radius 1 is 1.22 bits per heavy atom. The highest BCUT2D eigenvalue weighted by atomic mass is 14.9. The van der Waals surface area contributed by atoms with Crippen LogP contribution in [0.4, 0.5) is 0 Å². The number of nitrogens with zero attached hydrogens (tertiary/aromatic N) is 2. The number of rotatable bonds is 9. The summed E-state index contributed by atoms with van der Waals surface area (Å²) in [5.74, 6) is 0. The van der Waals surface area contributed by atoms with E-state index in [4.69, 9.17) is 0 Å². The Kier molecular flexibility index (Phi) is 7.58. The first-order valence-electron chi connectivity index (χ1n) is 7.23. The van der Waals surface area contributed by atoms with Gasteiger partial charge in [0.05, 0.1) is 11.4 Å². The van der Waals surface area contributed by atoms with Crippen molar-refractivity contribution in [3.8, 4) is 0 Å². The molecule has 0 amide bonds. The summed E-state index contributed by atoms with van der Waals surface area (Å²) in [7, 11) is 0. The van der Waals surface area contributed by atoms with Crippen LogP contribution in [0.3, 0.4) is 0 Å². The number of unbranched alkanes of at least 4 members (excludes halogenated alkanes) is 3. The number of hydrogen-bond acceptors (Lipinski definition) is 3. The molecule has 0 spiro atoms. The number of hydrogen-bond donors (Lipinski definition) is 1. The average molecular weight is 249 g/mol. The zero-order valence-electron chi connectivity index (χ0n) is 12.1. The lowest BCUT2D eigenvalue weighted by Gasteiger charge is -2.13. The molecular formula is C15H27N3. The predicted octanol–water partition coefficient (Wildman–Crippen LogP) is 3.28. The Morgan fingerprint density at radius 2 is 2.06 bits per heavy atom. The fraction of sp³-hybridized carbons (Fsp3) is 0.733. The van der Waals surface area contributed by atoms with Crippen LogP contribution in [0.25, 0.3) is 0 Å². The van der Waals surface area contributed by atoms with E-state index in [9.17, 15) is 0 Å². The second-order valence-electron chi connectivity index (χ2n) is 5.11. The SMILES string of the molecule is CCCCCCC(C)NCCc1cncc(C)n1. The standard InChI is InChI=1S/C15H27N3/c1-4-5-6-7-8-13(2)17-10-9-15-12-16-11-14(3)18-15/h11-13,17H,4-10H2,1-3H3. The van der Waals surface area contributed by atoms with E-state index in [1.165, 1.54) is 32.1 Å². The first kappa shape index (κ1) is 15.1. The summed E-state index contributed by atoms with van der Waals surface area (Å²) >= 11 is 0. The van der Waals surface area contributed by atoms with Gasteiger partial charge in [-0.25, -0.2) is 0 Å². The second-order valence-corrected chi connectivity index (χ2v) is 5.11. The van der Waals surface area contributed by atoms with E-state index in [0.717, 1.165) is 24.4 Å². The van der Waals surface area contributed by atoms with Gasteiger partial charge in [-0.2, -0.15) is 0 Å². The van der Waals surface area contributed by atoms with E-state index >= 15 is 0 Å². The van der Waals surface area contributed by atoms with Gasteiger partial charge in [0.15, 0.2) is 0 Å². The molecule has 1 aromatic rings. The molecule has 3 heteroatoms.